The maximum absolute atomic E-state index is 12.3. The Labute approximate surface area is 154 Å². The minimum Gasteiger partial charge on any atom is -0.358 e. The molecule has 3 rings (SSSR count). The van der Waals surface area contributed by atoms with Gasteiger partial charge in [0.15, 0.2) is 5.69 Å². The van der Waals surface area contributed by atoms with E-state index in [0.29, 0.717) is 17.3 Å². The number of nitro groups is 1. The first-order valence-electron chi connectivity index (χ1n) is 6.90. The lowest BCUT2D eigenvalue weighted by molar-refractivity contribution is -0.390. The van der Waals surface area contributed by atoms with Gasteiger partial charge in [-0.3, -0.25) is 9.48 Å². The maximum Gasteiger partial charge on any atom is 0.357 e. The Bertz CT molecular complexity index is 954. The Balaban J connectivity index is 1.75. The number of nitrogens with zero attached hydrogens (tertiary/aromatic N) is 4. The number of rotatable bonds is 5. The summed E-state index contributed by atoms with van der Waals surface area (Å²) in [5, 5.41) is 24.0. The summed E-state index contributed by atoms with van der Waals surface area (Å²) >= 11 is 8.84. The monoisotopic (exact) mass is 424 g/mol. The van der Waals surface area contributed by atoms with E-state index in [2.05, 4.69) is 36.5 Å². The van der Waals surface area contributed by atoms with Gasteiger partial charge in [-0.05, 0) is 38.5 Å². The Kier molecular flexibility index (Phi) is 4.81. The molecular weight excluding hydrogens is 416 g/mol. The van der Waals surface area contributed by atoms with Crippen LogP contribution in [0.15, 0.2) is 41.1 Å². The summed E-state index contributed by atoms with van der Waals surface area (Å²) in [7, 11) is 0. The second kappa shape index (κ2) is 7.03. The van der Waals surface area contributed by atoms with E-state index in [1.165, 1.54) is 6.20 Å². The fraction of sp³-hybridized carbons (Fsp3) is 0.0714. The summed E-state index contributed by atoms with van der Waals surface area (Å²) in [4.78, 5) is 22.4. The standard InChI is InChI=1S/C14H10BrClN6O3/c15-11-12(19-20-13(11)22(24)25)14(23)18-10-3-1-2-8(4-10)6-21-7-9(16)5-17-21/h1-5,7H,6H2,(H,18,23)(H,19,20). The van der Waals surface area contributed by atoms with E-state index in [0.717, 1.165) is 5.56 Å². The van der Waals surface area contributed by atoms with Crippen molar-refractivity contribution in [3.8, 4) is 0 Å². The number of H-pyrrole nitrogens is 1. The van der Waals surface area contributed by atoms with Crippen molar-refractivity contribution in [1.29, 1.82) is 0 Å². The molecule has 0 saturated heterocycles. The first-order chi connectivity index (χ1) is 11.9. The number of aromatic nitrogens is 4. The smallest absolute Gasteiger partial charge is 0.357 e. The summed E-state index contributed by atoms with van der Waals surface area (Å²) in [6, 6.07) is 7.12. The molecule has 0 bridgehead atoms. The molecule has 0 radical (unpaired) electrons. The third kappa shape index (κ3) is 3.86. The molecule has 0 spiro atoms. The van der Waals surface area contributed by atoms with Crippen LogP contribution in [0.2, 0.25) is 5.02 Å². The molecule has 2 aromatic heterocycles. The highest BCUT2D eigenvalue weighted by Crippen LogP contribution is 2.26. The number of halogens is 2. The maximum atomic E-state index is 12.3. The molecule has 128 valence electrons. The van der Waals surface area contributed by atoms with Crippen LogP contribution >= 0.6 is 27.5 Å². The summed E-state index contributed by atoms with van der Waals surface area (Å²) in [6.45, 7) is 0.480. The van der Waals surface area contributed by atoms with Crippen molar-refractivity contribution in [3.63, 3.8) is 0 Å². The van der Waals surface area contributed by atoms with Crippen molar-refractivity contribution >= 4 is 44.9 Å². The molecule has 0 atom stereocenters. The molecule has 0 aliphatic heterocycles. The van der Waals surface area contributed by atoms with Gasteiger partial charge >= 0.3 is 5.82 Å². The SMILES string of the molecule is O=C(Nc1cccc(Cn2cc(Cl)cn2)c1)c1n[nH]c([N+](=O)[O-])c1Br. The zero-order valence-electron chi connectivity index (χ0n) is 12.4. The molecule has 0 aliphatic carbocycles. The highest BCUT2D eigenvalue weighted by molar-refractivity contribution is 9.10. The van der Waals surface area contributed by atoms with Crippen molar-refractivity contribution in [1.82, 2.24) is 20.0 Å². The van der Waals surface area contributed by atoms with Crippen LogP contribution in [0.4, 0.5) is 11.5 Å². The minimum atomic E-state index is -0.663. The van der Waals surface area contributed by atoms with Crippen molar-refractivity contribution in [2.24, 2.45) is 0 Å². The first-order valence-corrected chi connectivity index (χ1v) is 8.07. The number of hydrogen-bond acceptors (Lipinski definition) is 5. The second-order valence-electron chi connectivity index (χ2n) is 5.00. The van der Waals surface area contributed by atoms with Gasteiger partial charge in [0.25, 0.3) is 5.91 Å². The van der Waals surface area contributed by atoms with E-state index in [4.69, 9.17) is 11.6 Å². The number of carbonyl (C=O) groups excluding carboxylic acids is 1. The molecule has 0 unspecified atom stereocenters. The molecular formula is C14H10BrClN6O3. The number of aromatic amines is 1. The molecule has 2 N–H and O–H groups in total. The van der Waals surface area contributed by atoms with E-state index in [-0.39, 0.29) is 16.0 Å². The number of carbonyl (C=O) groups is 1. The number of benzene rings is 1. The highest BCUT2D eigenvalue weighted by Gasteiger charge is 2.24. The Hall–Kier alpha value is -2.72. The van der Waals surface area contributed by atoms with E-state index in [9.17, 15) is 14.9 Å². The first kappa shape index (κ1) is 17.1. The lowest BCUT2D eigenvalue weighted by atomic mass is 10.2. The van der Waals surface area contributed by atoms with Gasteiger partial charge in [0.1, 0.15) is 4.47 Å². The Morgan fingerprint density at radius 2 is 2.28 bits per heavy atom. The van der Waals surface area contributed by atoms with E-state index in [1.807, 2.05) is 6.07 Å². The van der Waals surface area contributed by atoms with E-state index in [1.54, 1.807) is 29.1 Å². The quantitative estimate of drug-likeness (QED) is 0.480. The highest BCUT2D eigenvalue weighted by atomic mass is 79.9. The molecule has 3 aromatic rings. The lowest BCUT2D eigenvalue weighted by Crippen LogP contribution is -2.13. The van der Waals surface area contributed by atoms with Crippen LogP contribution in [0.25, 0.3) is 0 Å². The van der Waals surface area contributed by atoms with Crippen molar-refractivity contribution < 1.29 is 9.72 Å². The molecule has 0 aliphatic rings. The van der Waals surface area contributed by atoms with Gasteiger partial charge in [-0.2, -0.15) is 5.10 Å². The minimum absolute atomic E-state index is 0.00247. The average molecular weight is 426 g/mol. The molecule has 25 heavy (non-hydrogen) atoms. The fourth-order valence-electron chi connectivity index (χ4n) is 2.14. The zero-order valence-corrected chi connectivity index (χ0v) is 14.8. The number of nitrogens with one attached hydrogen (secondary N) is 2. The van der Waals surface area contributed by atoms with Crippen molar-refractivity contribution in [3.05, 3.63) is 67.5 Å². The molecule has 9 nitrogen and oxygen atoms in total. The fourth-order valence-corrected chi connectivity index (χ4v) is 2.80. The predicted molar refractivity (Wildman–Crippen MR) is 93.7 cm³/mol. The van der Waals surface area contributed by atoms with Gasteiger partial charge in [-0.25, -0.2) is 0 Å². The van der Waals surface area contributed by atoms with E-state index >= 15 is 0 Å². The summed E-state index contributed by atoms with van der Waals surface area (Å²) < 4.78 is 1.66. The number of amides is 1. The lowest BCUT2D eigenvalue weighted by Gasteiger charge is -2.06. The Morgan fingerprint density at radius 3 is 2.92 bits per heavy atom. The molecule has 11 heteroatoms. The molecule has 2 heterocycles. The van der Waals surface area contributed by atoms with Crippen LogP contribution in [-0.2, 0) is 6.54 Å². The van der Waals surface area contributed by atoms with Crippen LogP contribution in [0.3, 0.4) is 0 Å². The summed E-state index contributed by atoms with van der Waals surface area (Å²) in [6.07, 6.45) is 3.22. The molecule has 0 saturated carbocycles. The van der Waals surface area contributed by atoms with Crippen molar-refractivity contribution in [2.45, 2.75) is 6.54 Å². The second-order valence-corrected chi connectivity index (χ2v) is 6.23. The molecule has 1 aromatic carbocycles. The number of hydrogen-bond donors (Lipinski definition) is 2. The third-order valence-electron chi connectivity index (χ3n) is 3.22. The summed E-state index contributed by atoms with van der Waals surface area (Å²) in [5.74, 6) is -0.954. The predicted octanol–water partition coefficient (Wildman–Crippen LogP) is 3.23. The molecule has 1 amide bonds. The van der Waals surface area contributed by atoms with Crippen LogP contribution in [-0.4, -0.2) is 30.8 Å². The summed E-state index contributed by atoms with van der Waals surface area (Å²) in [5.41, 5.74) is 1.32. The normalized spacial score (nSPS) is 10.6. The van der Waals surface area contributed by atoms with Crippen LogP contribution in [0.1, 0.15) is 16.1 Å². The topological polar surface area (TPSA) is 119 Å². The largest absolute Gasteiger partial charge is 0.358 e. The van der Waals surface area contributed by atoms with Gasteiger partial charge in [-0.1, -0.05) is 28.8 Å². The number of anilines is 1. The third-order valence-corrected chi connectivity index (χ3v) is 4.16. The van der Waals surface area contributed by atoms with Crippen LogP contribution < -0.4 is 5.32 Å². The zero-order chi connectivity index (χ0) is 18.0. The van der Waals surface area contributed by atoms with Gasteiger partial charge < -0.3 is 15.4 Å². The van der Waals surface area contributed by atoms with Gasteiger partial charge in [0.05, 0.1) is 17.8 Å². The van der Waals surface area contributed by atoms with Crippen molar-refractivity contribution in [2.75, 3.05) is 5.32 Å². The average Bonchev–Trinajstić information content (AvgIpc) is 3.13. The van der Waals surface area contributed by atoms with Gasteiger partial charge in [0.2, 0.25) is 0 Å². The van der Waals surface area contributed by atoms with Gasteiger partial charge in [-0.15, -0.1) is 5.10 Å². The molecule has 0 fully saturated rings. The Morgan fingerprint density at radius 1 is 1.48 bits per heavy atom. The van der Waals surface area contributed by atoms with E-state index < -0.39 is 10.8 Å². The van der Waals surface area contributed by atoms with Crippen LogP contribution in [0.5, 0.6) is 0 Å². The van der Waals surface area contributed by atoms with Crippen LogP contribution in [0, 0.1) is 10.1 Å². The van der Waals surface area contributed by atoms with Gasteiger partial charge in [0, 0.05) is 11.9 Å².